The Hall–Kier alpha value is -3.51. The summed E-state index contributed by atoms with van der Waals surface area (Å²) in [6.07, 6.45) is 0. The van der Waals surface area contributed by atoms with Gasteiger partial charge in [0.2, 0.25) is 0 Å². The maximum Gasteiger partial charge on any atom is 0.272 e. The first-order valence-corrected chi connectivity index (χ1v) is 11.8. The summed E-state index contributed by atoms with van der Waals surface area (Å²) in [5.41, 5.74) is 8.28. The van der Waals surface area contributed by atoms with E-state index in [-0.39, 0.29) is 17.1 Å². The van der Waals surface area contributed by atoms with Gasteiger partial charge in [-0.1, -0.05) is 61.0 Å². The molecule has 0 aliphatic carbocycles. The second kappa shape index (κ2) is 9.39. The van der Waals surface area contributed by atoms with Gasteiger partial charge in [-0.3, -0.25) is 4.79 Å². The second-order valence-corrected chi connectivity index (χ2v) is 10.1. The summed E-state index contributed by atoms with van der Waals surface area (Å²) in [6, 6.07) is 22.3. The molecule has 172 valence electrons. The number of halogens is 1. The molecule has 4 aromatic rings. The van der Waals surface area contributed by atoms with E-state index >= 15 is 0 Å². The Labute approximate surface area is 207 Å². The molecule has 0 saturated heterocycles. The van der Waals surface area contributed by atoms with Crippen molar-refractivity contribution in [2.24, 2.45) is 5.10 Å². The van der Waals surface area contributed by atoms with Crippen LogP contribution in [0, 0.1) is 0 Å². The first-order valence-electron chi connectivity index (χ1n) is 11.0. The molecule has 0 atom stereocenters. The van der Waals surface area contributed by atoms with Crippen LogP contribution in [0.3, 0.4) is 0 Å². The van der Waals surface area contributed by atoms with Crippen LogP contribution in [0.15, 0.2) is 82.4 Å². The van der Waals surface area contributed by atoms with E-state index in [2.05, 4.69) is 59.4 Å². The number of hydrogen-bond donors (Lipinski definition) is 2. The van der Waals surface area contributed by atoms with Crippen molar-refractivity contribution < 1.29 is 9.90 Å². The van der Waals surface area contributed by atoms with Gasteiger partial charge >= 0.3 is 0 Å². The highest BCUT2D eigenvalue weighted by Gasteiger charge is 2.16. The van der Waals surface area contributed by atoms with Crippen LogP contribution in [0.25, 0.3) is 22.2 Å². The van der Waals surface area contributed by atoms with Gasteiger partial charge < -0.3 is 5.11 Å². The lowest BCUT2D eigenvalue weighted by Gasteiger charge is -2.19. The van der Waals surface area contributed by atoms with E-state index in [1.807, 2.05) is 37.3 Å². The Morgan fingerprint density at radius 3 is 2.29 bits per heavy atom. The lowest BCUT2D eigenvalue weighted by atomic mass is 9.86. The lowest BCUT2D eigenvalue weighted by Crippen LogP contribution is -2.20. The van der Waals surface area contributed by atoms with E-state index in [0.29, 0.717) is 22.5 Å². The van der Waals surface area contributed by atoms with Gasteiger partial charge in [-0.15, -0.1) is 0 Å². The number of amides is 1. The van der Waals surface area contributed by atoms with E-state index in [1.54, 1.807) is 30.3 Å². The number of aromatic hydroxyl groups is 1. The summed E-state index contributed by atoms with van der Waals surface area (Å²) < 4.78 is 0.854. The number of benzene rings is 3. The number of nitrogens with one attached hydrogen (secondary N) is 1. The maximum absolute atomic E-state index is 13.2. The number of pyridine rings is 1. The van der Waals surface area contributed by atoms with E-state index < -0.39 is 0 Å². The molecule has 4 rings (SSSR count). The lowest BCUT2D eigenvalue weighted by molar-refractivity contribution is 0.0956. The Bertz CT molecular complexity index is 1390. The second-order valence-electron chi connectivity index (χ2n) is 9.23. The number of nitrogens with zero attached hydrogens (tertiary/aromatic N) is 2. The highest BCUT2D eigenvalue weighted by atomic mass is 79.9. The van der Waals surface area contributed by atoms with Crippen molar-refractivity contribution in [2.75, 3.05) is 0 Å². The molecule has 34 heavy (non-hydrogen) atoms. The standard InChI is InChI=1S/C28H26BrN3O2/c1-17(18-5-9-20(10-6-18)28(2,3)4)31-32-27(34)24-16-26(19-7-12-22(33)13-8-19)30-25-14-11-21(29)15-23(24)25/h5-16,33H,1-4H3,(H,32,34)/b31-17+. The van der Waals surface area contributed by atoms with E-state index in [9.17, 15) is 9.90 Å². The van der Waals surface area contributed by atoms with Gasteiger partial charge in [-0.2, -0.15) is 5.10 Å². The molecule has 0 radical (unpaired) electrons. The Balaban J connectivity index is 1.67. The number of carbonyl (C=O) groups excluding carboxylic acids is 1. The van der Waals surface area contributed by atoms with Crippen LogP contribution in [-0.4, -0.2) is 21.7 Å². The highest BCUT2D eigenvalue weighted by molar-refractivity contribution is 9.10. The summed E-state index contributed by atoms with van der Waals surface area (Å²) in [7, 11) is 0. The first kappa shape index (κ1) is 23.6. The van der Waals surface area contributed by atoms with E-state index in [1.165, 1.54) is 5.56 Å². The number of carbonyl (C=O) groups is 1. The molecule has 2 N–H and O–H groups in total. The molecular weight excluding hydrogens is 490 g/mol. The third kappa shape index (κ3) is 5.18. The molecule has 6 heteroatoms. The summed E-state index contributed by atoms with van der Waals surface area (Å²) in [5.74, 6) is -0.150. The summed E-state index contributed by atoms with van der Waals surface area (Å²) in [6.45, 7) is 8.39. The van der Waals surface area contributed by atoms with Crippen LogP contribution in [0.4, 0.5) is 0 Å². The average Bonchev–Trinajstić information content (AvgIpc) is 2.81. The topological polar surface area (TPSA) is 74.6 Å². The fraction of sp³-hybridized carbons (Fsp3) is 0.179. The number of phenolic OH excluding ortho intramolecular Hbond substituents is 1. The molecule has 0 spiro atoms. The zero-order valence-corrected chi connectivity index (χ0v) is 21.1. The number of rotatable bonds is 4. The van der Waals surface area contributed by atoms with Crippen LogP contribution in [-0.2, 0) is 5.41 Å². The van der Waals surface area contributed by atoms with Crippen molar-refractivity contribution in [3.8, 4) is 17.0 Å². The van der Waals surface area contributed by atoms with Crippen LogP contribution in [0.5, 0.6) is 5.75 Å². The summed E-state index contributed by atoms with van der Waals surface area (Å²) in [5, 5.41) is 14.7. The van der Waals surface area contributed by atoms with Gasteiger partial charge in [0.05, 0.1) is 22.5 Å². The molecule has 1 amide bonds. The fourth-order valence-electron chi connectivity index (χ4n) is 3.64. The molecule has 0 saturated carbocycles. The van der Waals surface area contributed by atoms with Gasteiger partial charge in [0.1, 0.15) is 5.75 Å². The first-order chi connectivity index (χ1) is 16.1. The fourth-order valence-corrected chi connectivity index (χ4v) is 4.00. The number of hydrogen-bond acceptors (Lipinski definition) is 4. The zero-order valence-electron chi connectivity index (χ0n) is 19.6. The van der Waals surface area contributed by atoms with Crippen LogP contribution < -0.4 is 5.43 Å². The van der Waals surface area contributed by atoms with Crippen molar-refractivity contribution in [2.45, 2.75) is 33.1 Å². The van der Waals surface area contributed by atoms with Crippen LogP contribution >= 0.6 is 15.9 Å². The molecule has 0 unspecified atom stereocenters. The Morgan fingerprint density at radius 1 is 0.971 bits per heavy atom. The number of aromatic nitrogens is 1. The van der Waals surface area contributed by atoms with Gasteiger partial charge in [-0.05, 0) is 72.0 Å². The molecule has 0 aliphatic heterocycles. The predicted octanol–water partition coefficient (Wildman–Crippen LogP) is 6.82. The predicted molar refractivity (Wildman–Crippen MR) is 141 cm³/mol. The van der Waals surface area contributed by atoms with Crippen molar-refractivity contribution >= 4 is 38.5 Å². The van der Waals surface area contributed by atoms with Gasteiger partial charge in [0.15, 0.2) is 0 Å². The average molecular weight is 516 g/mol. The highest BCUT2D eigenvalue weighted by Crippen LogP contribution is 2.28. The number of phenols is 1. The molecular formula is C28H26BrN3O2. The molecule has 0 fully saturated rings. The van der Waals surface area contributed by atoms with Gasteiger partial charge in [0.25, 0.3) is 5.91 Å². The quantitative estimate of drug-likeness (QED) is 0.231. The molecule has 1 heterocycles. The van der Waals surface area contributed by atoms with Crippen molar-refractivity contribution in [1.29, 1.82) is 0 Å². The summed E-state index contributed by atoms with van der Waals surface area (Å²) in [4.78, 5) is 17.9. The molecule has 0 bridgehead atoms. The van der Waals surface area contributed by atoms with Gasteiger partial charge in [-0.25, -0.2) is 10.4 Å². The molecule has 0 aliphatic rings. The SMILES string of the molecule is C/C(=N\NC(=O)c1cc(-c2ccc(O)cc2)nc2ccc(Br)cc12)c1ccc(C(C)(C)C)cc1. The van der Waals surface area contributed by atoms with Crippen molar-refractivity contribution in [3.05, 3.63) is 94.0 Å². The van der Waals surface area contributed by atoms with E-state index in [0.717, 1.165) is 21.0 Å². The smallest absolute Gasteiger partial charge is 0.272 e. The zero-order chi connectivity index (χ0) is 24.5. The number of hydrazone groups is 1. The molecule has 1 aromatic heterocycles. The normalized spacial score (nSPS) is 12.1. The number of fused-ring (bicyclic) bond motifs is 1. The van der Waals surface area contributed by atoms with Crippen LogP contribution in [0.1, 0.15) is 49.2 Å². The minimum atomic E-state index is -0.323. The maximum atomic E-state index is 13.2. The van der Waals surface area contributed by atoms with E-state index in [4.69, 9.17) is 4.98 Å². The molecule has 5 nitrogen and oxygen atoms in total. The molecule has 3 aromatic carbocycles. The largest absolute Gasteiger partial charge is 0.508 e. The minimum absolute atomic E-state index is 0.0731. The third-order valence-corrected chi connectivity index (χ3v) is 6.17. The minimum Gasteiger partial charge on any atom is -0.508 e. The Morgan fingerprint density at radius 2 is 1.65 bits per heavy atom. The van der Waals surface area contributed by atoms with Crippen LogP contribution in [0.2, 0.25) is 0 Å². The summed E-state index contributed by atoms with van der Waals surface area (Å²) >= 11 is 3.48. The van der Waals surface area contributed by atoms with Crippen molar-refractivity contribution in [3.63, 3.8) is 0 Å². The van der Waals surface area contributed by atoms with Crippen molar-refractivity contribution in [1.82, 2.24) is 10.4 Å². The monoisotopic (exact) mass is 515 g/mol. The third-order valence-electron chi connectivity index (χ3n) is 5.67. The Kier molecular flexibility index (Phi) is 6.53. The van der Waals surface area contributed by atoms with Gasteiger partial charge in [0, 0.05) is 15.4 Å².